The van der Waals surface area contributed by atoms with Crippen molar-refractivity contribution in [3.8, 4) is 5.75 Å². The Labute approximate surface area is 94.8 Å². The predicted molar refractivity (Wildman–Crippen MR) is 62.1 cm³/mol. The summed E-state index contributed by atoms with van der Waals surface area (Å²) in [5.41, 5.74) is 6.27. The quantitative estimate of drug-likeness (QED) is 0.735. The van der Waals surface area contributed by atoms with Gasteiger partial charge in [-0.3, -0.25) is 4.79 Å². The number of hydrogen-bond donors (Lipinski definition) is 2. The van der Waals surface area contributed by atoms with Crippen molar-refractivity contribution in [1.82, 2.24) is 5.32 Å². The number of hydrogen-bond acceptors (Lipinski definition) is 3. The van der Waals surface area contributed by atoms with Gasteiger partial charge in [-0.1, -0.05) is 6.07 Å². The number of carbonyl (C=O) groups excluding carboxylic acids is 1. The van der Waals surface area contributed by atoms with Gasteiger partial charge in [-0.05, 0) is 25.0 Å². The highest BCUT2D eigenvalue weighted by atomic mass is 16.5. The highest BCUT2D eigenvalue weighted by Crippen LogP contribution is 2.18. The Bertz CT molecular complexity index is 375. The first-order valence-corrected chi connectivity index (χ1v) is 5.52. The average molecular weight is 220 g/mol. The van der Waals surface area contributed by atoms with Crippen LogP contribution in [0.3, 0.4) is 0 Å². The van der Waals surface area contributed by atoms with Crippen LogP contribution in [0.1, 0.15) is 19.3 Å². The van der Waals surface area contributed by atoms with E-state index in [1.165, 1.54) is 0 Å². The van der Waals surface area contributed by atoms with Crippen molar-refractivity contribution in [3.05, 3.63) is 24.3 Å². The maximum atomic E-state index is 11.3. The molecular formula is C12H16N2O2. The van der Waals surface area contributed by atoms with Crippen molar-refractivity contribution >= 4 is 11.6 Å². The third-order valence-electron chi connectivity index (χ3n) is 2.40. The lowest BCUT2D eigenvalue weighted by molar-refractivity contribution is -0.121. The van der Waals surface area contributed by atoms with Crippen LogP contribution in [-0.4, -0.2) is 18.6 Å². The van der Waals surface area contributed by atoms with Crippen LogP contribution in [0.5, 0.6) is 5.75 Å². The number of anilines is 1. The Morgan fingerprint density at radius 2 is 2.31 bits per heavy atom. The first kappa shape index (κ1) is 10.8. The molecule has 1 aromatic carbocycles. The summed E-state index contributed by atoms with van der Waals surface area (Å²) in [5, 5.41) is 2.91. The summed E-state index contributed by atoms with van der Waals surface area (Å²) in [6.07, 6.45) is 2.62. The summed E-state index contributed by atoms with van der Waals surface area (Å²) in [5.74, 6) is 0.769. The molecule has 2 rings (SSSR count). The molecule has 0 unspecified atom stereocenters. The monoisotopic (exact) mass is 220 g/mol. The number of carbonyl (C=O) groups is 1. The van der Waals surface area contributed by atoms with Gasteiger partial charge < -0.3 is 15.8 Å². The van der Waals surface area contributed by atoms with Crippen LogP contribution >= 0.6 is 0 Å². The zero-order valence-corrected chi connectivity index (χ0v) is 9.11. The molecule has 0 heterocycles. The number of benzene rings is 1. The van der Waals surface area contributed by atoms with Gasteiger partial charge in [0.25, 0.3) is 0 Å². The van der Waals surface area contributed by atoms with Crippen molar-refractivity contribution in [1.29, 1.82) is 0 Å². The van der Waals surface area contributed by atoms with E-state index in [0.29, 0.717) is 30.5 Å². The summed E-state index contributed by atoms with van der Waals surface area (Å²) in [4.78, 5) is 11.3. The van der Waals surface area contributed by atoms with Gasteiger partial charge in [0.2, 0.25) is 5.91 Å². The van der Waals surface area contributed by atoms with Gasteiger partial charge in [0, 0.05) is 17.8 Å². The molecule has 16 heavy (non-hydrogen) atoms. The van der Waals surface area contributed by atoms with E-state index in [4.69, 9.17) is 10.5 Å². The largest absolute Gasteiger partial charge is 0.493 e. The lowest BCUT2D eigenvalue weighted by atomic mass is 10.3. The van der Waals surface area contributed by atoms with Crippen LogP contribution < -0.4 is 15.8 Å². The van der Waals surface area contributed by atoms with Crippen LogP contribution in [0.2, 0.25) is 0 Å². The fraction of sp³-hybridized carbons (Fsp3) is 0.417. The number of nitrogen functional groups attached to an aromatic ring is 1. The lowest BCUT2D eigenvalue weighted by Gasteiger charge is -2.06. The first-order chi connectivity index (χ1) is 7.74. The molecule has 4 nitrogen and oxygen atoms in total. The zero-order chi connectivity index (χ0) is 11.4. The maximum absolute atomic E-state index is 11.3. The second-order valence-corrected chi connectivity index (χ2v) is 4.01. The minimum atomic E-state index is 0.0615. The summed E-state index contributed by atoms with van der Waals surface area (Å²) in [7, 11) is 0. The van der Waals surface area contributed by atoms with Gasteiger partial charge in [0.1, 0.15) is 5.75 Å². The van der Waals surface area contributed by atoms with E-state index in [9.17, 15) is 4.79 Å². The Kier molecular flexibility index (Phi) is 3.29. The molecule has 1 aromatic rings. The lowest BCUT2D eigenvalue weighted by Crippen LogP contribution is -2.26. The number of rotatable bonds is 5. The first-order valence-electron chi connectivity index (χ1n) is 5.52. The van der Waals surface area contributed by atoms with Crippen molar-refractivity contribution in [2.45, 2.75) is 25.3 Å². The third kappa shape index (κ3) is 3.46. The van der Waals surface area contributed by atoms with Crippen molar-refractivity contribution < 1.29 is 9.53 Å². The van der Waals surface area contributed by atoms with Gasteiger partial charge in [0.15, 0.2) is 0 Å². The standard InChI is InChI=1S/C12H16N2O2/c13-9-2-1-3-11(8-9)16-7-6-12(15)14-10-4-5-10/h1-3,8,10H,4-7,13H2,(H,14,15). The summed E-state index contributed by atoms with van der Waals surface area (Å²) >= 11 is 0. The van der Waals surface area contributed by atoms with E-state index in [1.807, 2.05) is 12.1 Å². The minimum absolute atomic E-state index is 0.0615. The van der Waals surface area contributed by atoms with Crippen LogP contribution in [0.25, 0.3) is 0 Å². The summed E-state index contributed by atoms with van der Waals surface area (Å²) in [6.45, 7) is 0.391. The molecule has 3 N–H and O–H groups in total. The van der Waals surface area contributed by atoms with E-state index in [0.717, 1.165) is 12.8 Å². The maximum Gasteiger partial charge on any atom is 0.223 e. The SMILES string of the molecule is Nc1cccc(OCCC(=O)NC2CC2)c1. The fourth-order valence-corrected chi connectivity index (χ4v) is 1.39. The molecule has 0 saturated heterocycles. The Morgan fingerprint density at radius 1 is 1.50 bits per heavy atom. The van der Waals surface area contributed by atoms with Gasteiger partial charge in [0.05, 0.1) is 13.0 Å². The molecule has 1 fully saturated rings. The molecule has 0 aliphatic heterocycles. The van der Waals surface area contributed by atoms with Crippen LogP contribution in [-0.2, 0) is 4.79 Å². The van der Waals surface area contributed by atoms with Gasteiger partial charge in [-0.2, -0.15) is 0 Å². The zero-order valence-electron chi connectivity index (χ0n) is 9.11. The van der Waals surface area contributed by atoms with Gasteiger partial charge in [-0.15, -0.1) is 0 Å². The van der Waals surface area contributed by atoms with Crippen LogP contribution in [0.15, 0.2) is 24.3 Å². The molecule has 0 atom stereocenters. The van der Waals surface area contributed by atoms with Crippen LogP contribution in [0.4, 0.5) is 5.69 Å². The topological polar surface area (TPSA) is 64.3 Å². The Hall–Kier alpha value is -1.71. The minimum Gasteiger partial charge on any atom is -0.493 e. The number of nitrogens with two attached hydrogens (primary N) is 1. The van der Waals surface area contributed by atoms with Gasteiger partial charge in [-0.25, -0.2) is 0 Å². The van der Waals surface area contributed by atoms with Crippen molar-refractivity contribution in [3.63, 3.8) is 0 Å². The Balaban J connectivity index is 1.68. The Morgan fingerprint density at radius 3 is 3.00 bits per heavy atom. The molecule has 0 radical (unpaired) electrons. The molecular weight excluding hydrogens is 204 g/mol. The number of ether oxygens (including phenoxy) is 1. The van der Waals surface area contributed by atoms with E-state index >= 15 is 0 Å². The van der Waals surface area contributed by atoms with E-state index in [2.05, 4.69) is 5.32 Å². The van der Waals surface area contributed by atoms with E-state index in [-0.39, 0.29) is 5.91 Å². The third-order valence-corrected chi connectivity index (χ3v) is 2.40. The molecule has 1 saturated carbocycles. The average Bonchev–Trinajstić information content (AvgIpc) is 3.02. The predicted octanol–water partition coefficient (Wildman–Crippen LogP) is 1.32. The summed E-state index contributed by atoms with van der Waals surface area (Å²) in [6, 6.07) is 7.62. The second kappa shape index (κ2) is 4.88. The molecule has 0 bridgehead atoms. The van der Waals surface area contributed by atoms with E-state index < -0.39 is 0 Å². The smallest absolute Gasteiger partial charge is 0.223 e. The van der Waals surface area contributed by atoms with Gasteiger partial charge >= 0.3 is 0 Å². The van der Waals surface area contributed by atoms with E-state index in [1.54, 1.807) is 12.1 Å². The molecule has 1 amide bonds. The highest BCUT2D eigenvalue weighted by molar-refractivity contribution is 5.76. The number of amides is 1. The molecule has 4 heteroatoms. The molecule has 86 valence electrons. The molecule has 1 aliphatic carbocycles. The fourth-order valence-electron chi connectivity index (χ4n) is 1.39. The second-order valence-electron chi connectivity index (χ2n) is 4.01. The molecule has 0 spiro atoms. The van der Waals surface area contributed by atoms with Crippen molar-refractivity contribution in [2.75, 3.05) is 12.3 Å². The molecule has 1 aliphatic rings. The molecule has 0 aromatic heterocycles. The highest BCUT2D eigenvalue weighted by Gasteiger charge is 2.22. The van der Waals surface area contributed by atoms with Crippen molar-refractivity contribution in [2.24, 2.45) is 0 Å². The number of nitrogens with one attached hydrogen (secondary N) is 1. The normalized spacial score (nSPS) is 14.5. The summed E-state index contributed by atoms with van der Waals surface area (Å²) < 4.78 is 5.42. The van der Waals surface area contributed by atoms with Crippen LogP contribution in [0, 0.1) is 0 Å².